The lowest BCUT2D eigenvalue weighted by Crippen LogP contribution is -2.58. The second-order valence-corrected chi connectivity index (χ2v) is 10.7. The van der Waals surface area contributed by atoms with Gasteiger partial charge in [0.15, 0.2) is 0 Å². The molecular formula is C24H48F3N3O6. The van der Waals surface area contributed by atoms with Crippen LogP contribution in [-0.2, 0) is 0 Å². The van der Waals surface area contributed by atoms with Crippen LogP contribution in [0.15, 0.2) is 0 Å². The predicted octanol–water partition coefficient (Wildman–Crippen LogP) is -0.684. The van der Waals surface area contributed by atoms with Crippen LogP contribution in [0.2, 0.25) is 0 Å². The molecule has 216 valence electrons. The van der Waals surface area contributed by atoms with Gasteiger partial charge in [0, 0.05) is 58.9 Å². The Balaban J connectivity index is 3.26. The van der Waals surface area contributed by atoms with Crippen molar-refractivity contribution in [3.05, 3.63) is 0 Å². The zero-order chi connectivity index (χ0) is 28.1. The number of alkyl halides is 3. The highest BCUT2D eigenvalue weighted by Gasteiger charge is 2.44. The van der Waals surface area contributed by atoms with Crippen molar-refractivity contribution in [2.75, 3.05) is 58.9 Å². The third-order valence-corrected chi connectivity index (χ3v) is 7.86. The van der Waals surface area contributed by atoms with E-state index < -0.39 is 53.6 Å². The number of halogens is 3. The molecule has 12 heteroatoms. The molecule has 1 fully saturated rings. The topological polar surface area (TPSA) is 131 Å². The van der Waals surface area contributed by atoms with E-state index in [0.717, 1.165) is 20.8 Å². The molecule has 0 saturated carbocycles. The van der Waals surface area contributed by atoms with E-state index in [1.807, 2.05) is 0 Å². The van der Waals surface area contributed by atoms with E-state index in [2.05, 4.69) is 0 Å². The largest absolute Gasteiger partial charge is 0.390 e. The molecule has 0 aliphatic carbocycles. The van der Waals surface area contributed by atoms with Gasteiger partial charge in [0.05, 0.1) is 18.3 Å². The predicted molar refractivity (Wildman–Crippen MR) is 131 cm³/mol. The van der Waals surface area contributed by atoms with Crippen LogP contribution in [0.4, 0.5) is 13.2 Å². The van der Waals surface area contributed by atoms with Crippen molar-refractivity contribution in [3.8, 4) is 0 Å². The summed E-state index contributed by atoms with van der Waals surface area (Å²) in [6.45, 7) is 8.18. The molecule has 0 aromatic rings. The van der Waals surface area contributed by atoms with Crippen LogP contribution in [0.3, 0.4) is 0 Å². The van der Waals surface area contributed by atoms with Gasteiger partial charge in [0.1, 0.15) is 35.3 Å². The molecule has 1 aliphatic heterocycles. The van der Waals surface area contributed by atoms with Gasteiger partial charge in [-0.2, -0.15) is 0 Å². The van der Waals surface area contributed by atoms with Crippen LogP contribution >= 0.6 is 0 Å². The maximum atomic E-state index is 14.3. The summed E-state index contributed by atoms with van der Waals surface area (Å²) in [5.41, 5.74) is -6.19. The van der Waals surface area contributed by atoms with Crippen LogP contribution in [0.5, 0.6) is 0 Å². The molecule has 9 nitrogen and oxygen atoms in total. The van der Waals surface area contributed by atoms with E-state index in [-0.39, 0.29) is 58.9 Å². The Morgan fingerprint density at radius 1 is 0.500 bits per heavy atom. The van der Waals surface area contributed by atoms with E-state index in [0.29, 0.717) is 0 Å². The fourth-order valence-electron chi connectivity index (χ4n) is 4.50. The number of hydrogen-bond acceptors (Lipinski definition) is 9. The first-order chi connectivity index (χ1) is 16.4. The van der Waals surface area contributed by atoms with Crippen LogP contribution in [-0.4, -0.2) is 158 Å². The summed E-state index contributed by atoms with van der Waals surface area (Å²) in [4.78, 5) is 5.11. The standard InChI is InChI=1S/C24H48F3N3O6/c1-16(25)22(34,19(4)31)13-28-7-9-29(14-23(35,17(2)26)20(5)32)11-12-30(10-8-28)15-24(36,18(3)27)21(6)33/h16-21,31-36H,7-15H2,1-6H3. The van der Waals surface area contributed by atoms with Crippen molar-refractivity contribution in [2.45, 2.75) is 95.2 Å². The van der Waals surface area contributed by atoms with E-state index in [1.165, 1.54) is 20.8 Å². The first-order valence-corrected chi connectivity index (χ1v) is 12.7. The zero-order valence-electron chi connectivity index (χ0n) is 22.5. The lowest BCUT2D eigenvalue weighted by Gasteiger charge is -2.39. The Morgan fingerprint density at radius 3 is 0.778 bits per heavy atom. The van der Waals surface area contributed by atoms with Crippen molar-refractivity contribution in [1.29, 1.82) is 0 Å². The molecule has 0 amide bonds. The highest BCUT2D eigenvalue weighted by Crippen LogP contribution is 2.24. The first-order valence-electron chi connectivity index (χ1n) is 12.7. The van der Waals surface area contributed by atoms with Gasteiger partial charge >= 0.3 is 0 Å². The molecule has 0 aromatic carbocycles. The Morgan fingerprint density at radius 2 is 0.667 bits per heavy atom. The van der Waals surface area contributed by atoms with Crippen molar-refractivity contribution in [3.63, 3.8) is 0 Å². The molecule has 9 atom stereocenters. The third-order valence-electron chi connectivity index (χ3n) is 7.86. The molecule has 1 saturated heterocycles. The van der Waals surface area contributed by atoms with Crippen LogP contribution in [0.1, 0.15) is 41.5 Å². The summed E-state index contributed by atoms with van der Waals surface area (Å²) >= 11 is 0. The fourth-order valence-corrected chi connectivity index (χ4v) is 4.50. The van der Waals surface area contributed by atoms with Crippen molar-refractivity contribution < 1.29 is 43.8 Å². The van der Waals surface area contributed by atoms with Gasteiger partial charge in [-0.25, -0.2) is 13.2 Å². The maximum Gasteiger partial charge on any atom is 0.133 e. The average Bonchev–Trinajstić information content (AvgIpc) is 2.84. The number of aliphatic hydroxyl groups is 6. The molecule has 1 rings (SSSR count). The van der Waals surface area contributed by atoms with Crippen molar-refractivity contribution >= 4 is 0 Å². The Hall–Kier alpha value is -0.570. The van der Waals surface area contributed by atoms with Gasteiger partial charge in [-0.3, -0.25) is 14.7 Å². The normalized spacial score (nSPS) is 27.8. The molecule has 0 aromatic heterocycles. The Labute approximate surface area is 213 Å². The van der Waals surface area contributed by atoms with Crippen molar-refractivity contribution in [2.24, 2.45) is 0 Å². The molecule has 1 aliphatic rings. The van der Waals surface area contributed by atoms with Gasteiger partial charge < -0.3 is 30.6 Å². The van der Waals surface area contributed by atoms with E-state index in [4.69, 9.17) is 0 Å². The van der Waals surface area contributed by atoms with E-state index in [1.54, 1.807) is 14.7 Å². The quantitative estimate of drug-likeness (QED) is 0.194. The lowest BCUT2D eigenvalue weighted by molar-refractivity contribution is -0.130. The summed E-state index contributed by atoms with van der Waals surface area (Å²) in [5, 5.41) is 62.6. The number of β-amino-alcohol motifs (C(OH)–C–C–N with tert-alkyl or cyclic N) is 3. The van der Waals surface area contributed by atoms with Crippen molar-refractivity contribution in [1.82, 2.24) is 14.7 Å². The highest BCUT2D eigenvalue weighted by atomic mass is 19.1. The monoisotopic (exact) mass is 531 g/mol. The summed E-state index contributed by atoms with van der Waals surface area (Å²) < 4.78 is 42.9. The third kappa shape index (κ3) is 8.21. The molecule has 0 spiro atoms. The van der Waals surface area contributed by atoms with Gasteiger partial charge in [-0.1, -0.05) is 0 Å². The maximum absolute atomic E-state index is 14.3. The number of rotatable bonds is 12. The smallest absolute Gasteiger partial charge is 0.133 e. The fraction of sp³-hybridized carbons (Fsp3) is 1.00. The first kappa shape index (κ1) is 33.5. The summed E-state index contributed by atoms with van der Waals surface area (Å²) in [5.74, 6) is 0. The second-order valence-electron chi connectivity index (χ2n) is 10.7. The van der Waals surface area contributed by atoms with Crippen LogP contribution in [0.25, 0.3) is 0 Å². The van der Waals surface area contributed by atoms with Crippen LogP contribution in [0, 0.1) is 0 Å². The molecule has 0 radical (unpaired) electrons. The SMILES string of the molecule is CC(O)C(O)(CN1CCN(CC(O)(C(C)O)C(C)F)CCN(CC(O)(C(C)O)C(C)F)CC1)C(C)F. The molecular weight excluding hydrogens is 483 g/mol. The summed E-state index contributed by atoms with van der Waals surface area (Å²) in [6, 6.07) is 0. The zero-order valence-corrected chi connectivity index (χ0v) is 22.5. The van der Waals surface area contributed by atoms with Gasteiger partial charge in [-0.15, -0.1) is 0 Å². The molecule has 9 unspecified atom stereocenters. The van der Waals surface area contributed by atoms with Crippen LogP contribution < -0.4 is 0 Å². The van der Waals surface area contributed by atoms with E-state index in [9.17, 15) is 43.8 Å². The molecule has 36 heavy (non-hydrogen) atoms. The lowest BCUT2D eigenvalue weighted by atomic mass is 9.91. The minimum absolute atomic E-state index is 0.232. The Kier molecular flexibility index (Phi) is 12.5. The Bertz CT molecular complexity index is 533. The number of hydrogen-bond donors (Lipinski definition) is 6. The number of nitrogens with zero attached hydrogens (tertiary/aromatic N) is 3. The molecule has 6 N–H and O–H groups in total. The van der Waals surface area contributed by atoms with Gasteiger partial charge in [0.25, 0.3) is 0 Å². The molecule has 1 heterocycles. The minimum Gasteiger partial charge on any atom is -0.390 e. The summed E-state index contributed by atoms with van der Waals surface area (Å²) in [6.07, 6.45) is -9.39. The minimum atomic E-state index is -2.06. The van der Waals surface area contributed by atoms with Gasteiger partial charge in [-0.05, 0) is 41.5 Å². The highest BCUT2D eigenvalue weighted by molar-refractivity contribution is 4.97. The average molecular weight is 532 g/mol. The number of aliphatic hydroxyl groups excluding tert-OH is 3. The summed E-state index contributed by atoms with van der Waals surface area (Å²) in [7, 11) is 0. The second kappa shape index (κ2) is 13.5. The van der Waals surface area contributed by atoms with Gasteiger partial charge in [0.2, 0.25) is 0 Å². The molecule has 0 bridgehead atoms. The van der Waals surface area contributed by atoms with E-state index >= 15 is 0 Å².